The van der Waals surface area contributed by atoms with Crippen LogP contribution in [0.1, 0.15) is 12.5 Å². The fourth-order valence-electron chi connectivity index (χ4n) is 2.54. The lowest BCUT2D eigenvalue weighted by molar-refractivity contribution is -0.126. The van der Waals surface area contributed by atoms with Crippen LogP contribution in [0.25, 0.3) is 5.57 Å². The molecule has 2 rings (SSSR count). The van der Waals surface area contributed by atoms with Gasteiger partial charge in [-0.25, -0.2) is 13.8 Å². The minimum atomic E-state index is -4.61. The van der Waals surface area contributed by atoms with Gasteiger partial charge in [-0.05, 0) is 37.3 Å². The maximum atomic E-state index is 14.2. The number of nitrogens with one attached hydrogen (secondary N) is 2. The van der Waals surface area contributed by atoms with E-state index in [1.165, 1.54) is 12.1 Å². The van der Waals surface area contributed by atoms with Crippen molar-refractivity contribution in [2.45, 2.75) is 13.1 Å². The zero-order valence-electron chi connectivity index (χ0n) is 15.9. The van der Waals surface area contributed by atoms with Gasteiger partial charge in [-0.15, -0.1) is 0 Å². The van der Waals surface area contributed by atoms with Crippen molar-refractivity contribution in [2.24, 2.45) is 0 Å². The van der Waals surface area contributed by atoms with Gasteiger partial charge < -0.3 is 5.32 Å². The summed E-state index contributed by atoms with van der Waals surface area (Å²) in [5.41, 5.74) is 2.40. The third-order valence-electron chi connectivity index (χ3n) is 3.94. The number of hydrogen-bond donors (Lipinski definition) is 2. The van der Waals surface area contributed by atoms with Gasteiger partial charge in [0.2, 0.25) is 0 Å². The molecule has 9 heteroatoms. The number of amides is 1. The summed E-state index contributed by atoms with van der Waals surface area (Å²) in [5.74, 6) is -2.21. The van der Waals surface area contributed by atoms with Crippen LogP contribution in [0.5, 0.6) is 0 Å². The van der Waals surface area contributed by atoms with Gasteiger partial charge in [0, 0.05) is 29.1 Å². The largest absolute Gasteiger partial charge is 0.416 e. The molecule has 30 heavy (non-hydrogen) atoms. The molecule has 1 amide bonds. The second-order valence-corrected chi connectivity index (χ2v) is 6.02. The lowest BCUT2D eigenvalue weighted by Crippen LogP contribution is -2.45. The van der Waals surface area contributed by atoms with Crippen LogP contribution in [-0.4, -0.2) is 17.1 Å². The Hall–Kier alpha value is -3.62. The second-order valence-electron chi connectivity index (χ2n) is 6.02. The van der Waals surface area contributed by atoms with Gasteiger partial charge in [-0.3, -0.25) is 10.2 Å². The monoisotopic (exact) mass is 423 g/mol. The summed E-state index contributed by atoms with van der Waals surface area (Å²) in [6, 6.07) is 2.98. The van der Waals surface area contributed by atoms with Crippen LogP contribution in [-0.2, 0) is 4.79 Å². The molecule has 0 radical (unpaired) electrons. The Morgan fingerprint density at radius 1 is 1.23 bits per heavy atom. The highest BCUT2D eigenvalue weighted by Gasteiger charge is 2.31. The molecule has 1 heterocycles. The molecule has 0 aliphatic carbocycles. The molecule has 0 spiro atoms. The lowest BCUT2D eigenvalue weighted by Gasteiger charge is -2.31. The molecule has 0 saturated carbocycles. The van der Waals surface area contributed by atoms with Gasteiger partial charge in [0.1, 0.15) is 17.5 Å². The zero-order chi connectivity index (χ0) is 22.5. The van der Waals surface area contributed by atoms with Crippen LogP contribution < -0.4 is 10.7 Å². The van der Waals surface area contributed by atoms with E-state index in [4.69, 9.17) is 0 Å². The van der Waals surface area contributed by atoms with Crippen molar-refractivity contribution in [3.05, 3.63) is 102 Å². The van der Waals surface area contributed by atoms with Crippen LogP contribution in [0.2, 0.25) is 0 Å². The summed E-state index contributed by atoms with van der Waals surface area (Å²) in [6.07, 6.45) is 1.22. The van der Waals surface area contributed by atoms with Crippen molar-refractivity contribution < 1.29 is 26.7 Å². The fourth-order valence-corrected chi connectivity index (χ4v) is 2.54. The Kier molecular flexibility index (Phi) is 6.99. The highest BCUT2D eigenvalue weighted by atomic mass is 19.4. The minimum Gasteiger partial charge on any atom is -0.347 e. The number of benzene rings is 1. The normalized spacial score (nSPS) is 15.1. The van der Waals surface area contributed by atoms with Gasteiger partial charge in [-0.2, -0.15) is 13.2 Å². The standard InChI is InChI=1S/C21H18F5N3O/c1-4-6-14(21(24,25)26)9-10-27-19-12-17(13(3)28-29(19)20(30)5-2)16-8-7-15(22)11-18(16)23/h4-12,27-28H,1-2H2,3H3/b10-9?,14-6+. The molecule has 2 N–H and O–H groups in total. The smallest absolute Gasteiger partial charge is 0.347 e. The Morgan fingerprint density at radius 2 is 1.93 bits per heavy atom. The van der Waals surface area contributed by atoms with Crippen LogP contribution in [0.15, 0.2) is 85.0 Å². The van der Waals surface area contributed by atoms with Crippen molar-refractivity contribution >= 4 is 11.5 Å². The first-order chi connectivity index (χ1) is 14.1. The molecule has 0 bridgehead atoms. The molecular formula is C21H18F5N3O. The van der Waals surface area contributed by atoms with E-state index in [2.05, 4.69) is 23.9 Å². The first-order valence-corrected chi connectivity index (χ1v) is 8.52. The summed E-state index contributed by atoms with van der Waals surface area (Å²) in [7, 11) is 0. The molecule has 1 aliphatic rings. The van der Waals surface area contributed by atoms with Crippen molar-refractivity contribution in [3.63, 3.8) is 0 Å². The molecule has 1 aliphatic heterocycles. The van der Waals surface area contributed by atoms with Gasteiger partial charge in [0.15, 0.2) is 0 Å². The first kappa shape index (κ1) is 22.7. The Morgan fingerprint density at radius 3 is 2.50 bits per heavy atom. The molecule has 0 aromatic heterocycles. The van der Waals surface area contributed by atoms with E-state index in [0.29, 0.717) is 11.8 Å². The van der Waals surface area contributed by atoms with E-state index in [9.17, 15) is 26.7 Å². The van der Waals surface area contributed by atoms with Crippen LogP contribution in [0, 0.1) is 11.6 Å². The van der Waals surface area contributed by atoms with E-state index in [1.54, 1.807) is 6.92 Å². The first-order valence-electron chi connectivity index (χ1n) is 8.52. The summed E-state index contributed by atoms with van der Waals surface area (Å²) in [6.45, 7) is 8.17. The Labute approximate surface area is 170 Å². The zero-order valence-corrected chi connectivity index (χ0v) is 15.9. The average molecular weight is 423 g/mol. The summed E-state index contributed by atoms with van der Waals surface area (Å²) >= 11 is 0. The van der Waals surface area contributed by atoms with Gasteiger partial charge in [-0.1, -0.05) is 25.3 Å². The molecule has 158 valence electrons. The van der Waals surface area contributed by atoms with Crippen LogP contribution in [0.4, 0.5) is 22.0 Å². The molecule has 1 aromatic rings. The summed E-state index contributed by atoms with van der Waals surface area (Å²) < 4.78 is 66.3. The molecular weight excluding hydrogens is 405 g/mol. The molecule has 0 atom stereocenters. The molecule has 1 aromatic carbocycles. The number of carbonyl (C=O) groups is 1. The number of hydrazine groups is 1. The van der Waals surface area contributed by atoms with E-state index in [0.717, 1.165) is 41.6 Å². The lowest BCUT2D eigenvalue weighted by atomic mass is 10.0. The summed E-state index contributed by atoms with van der Waals surface area (Å²) in [4.78, 5) is 12.1. The van der Waals surface area contributed by atoms with Crippen molar-refractivity contribution in [1.82, 2.24) is 15.8 Å². The maximum absolute atomic E-state index is 14.2. The summed E-state index contributed by atoms with van der Waals surface area (Å²) in [5, 5.41) is 3.56. The number of carbonyl (C=O) groups excluding carboxylic acids is 1. The SMILES string of the molecule is C=C/C=C(\C=CNC1=CC(c2ccc(F)cc2F)=C(C)NN1C(=O)C=C)C(F)(F)F. The van der Waals surface area contributed by atoms with Crippen LogP contribution in [0.3, 0.4) is 0 Å². The van der Waals surface area contributed by atoms with Gasteiger partial charge in [0.25, 0.3) is 5.91 Å². The third-order valence-corrected chi connectivity index (χ3v) is 3.94. The highest BCUT2D eigenvalue weighted by Crippen LogP contribution is 2.28. The minimum absolute atomic E-state index is 0.000558. The van der Waals surface area contributed by atoms with E-state index < -0.39 is 29.3 Å². The predicted octanol–water partition coefficient (Wildman–Crippen LogP) is 4.85. The molecule has 0 fully saturated rings. The third kappa shape index (κ3) is 5.25. The fraction of sp³-hybridized carbons (Fsp3) is 0.0952. The number of halogens is 5. The number of hydrogen-bond acceptors (Lipinski definition) is 3. The van der Waals surface area contributed by atoms with E-state index in [1.807, 2.05) is 0 Å². The number of rotatable bonds is 6. The highest BCUT2D eigenvalue weighted by molar-refractivity contribution is 5.90. The average Bonchev–Trinajstić information content (AvgIpc) is 2.67. The number of nitrogens with zero attached hydrogens (tertiary/aromatic N) is 1. The topological polar surface area (TPSA) is 44.4 Å². The van der Waals surface area contributed by atoms with Crippen molar-refractivity contribution in [2.75, 3.05) is 0 Å². The number of allylic oxidation sites excluding steroid dienone is 7. The van der Waals surface area contributed by atoms with Crippen LogP contribution >= 0.6 is 0 Å². The predicted molar refractivity (Wildman–Crippen MR) is 104 cm³/mol. The van der Waals surface area contributed by atoms with Gasteiger partial charge >= 0.3 is 6.18 Å². The quantitative estimate of drug-likeness (QED) is 0.391. The Balaban J connectivity index is 2.44. The molecule has 0 unspecified atom stereocenters. The van der Waals surface area contributed by atoms with Crippen molar-refractivity contribution in [3.8, 4) is 0 Å². The molecule has 4 nitrogen and oxygen atoms in total. The van der Waals surface area contributed by atoms with E-state index >= 15 is 0 Å². The Bertz CT molecular complexity index is 987. The second kappa shape index (κ2) is 9.25. The maximum Gasteiger partial charge on any atom is 0.416 e. The van der Waals surface area contributed by atoms with E-state index in [-0.39, 0.29) is 17.0 Å². The van der Waals surface area contributed by atoms with Gasteiger partial charge in [0.05, 0.1) is 5.57 Å². The number of alkyl halides is 3. The van der Waals surface area contributed by atoms with Crippen molar-refractivity contribution in [1.29, 1.82) is 0 Å². The molecule has 0 saturated heterocycles.